The molecule has 0 atom stereocenters. The minimum Gasteiger partial charge on any atom is -0.477 e. The fourth-order valence-electron chi connectivity index (χ4n) is 1.59. The van der Waals surface area contributed by atoms with Crippen molar-refractivity contribution in [1.82, 2.24) is 4.98 Å². The van der Waals surface area contributed by atoms with E-state index in [1.165, 1.54) is 12.1 Å². The largest absolute Gasteiger partial charge is 0.477 e. The number of anilines is 2. The molecule has 2 rings (SSSR count). The van der Waals surface area contributed by atoms with E-state index >= 15 is 0 Å². The lowest BCUT2D eigenvalue weighted by atomic mass is 10.2. The molecule has 0 saturated carbocycles. The summed E-state index contributed by atoms with van der Waals surface area (Å²) < 4.78 is 4.86. The van der Waals surface area contributed by atoms with E-state index in [0.29, 0.717) is 11.3 Å². The molecule has 1 aromatic carbocycles. The Morgan fingerprint density at radius 1 is 1.22 bits per heavy atom. The molecule has 0 unspecified atom stereocenters. The lowest BCUT2D eigenvalue weighted by Gasteiger charge is -2.06. The number of ether oxygens (including phenoxy) is 1. The van der Waals surface area contributed by atoms with E-state index in [9.17, 15) is 14.4 Å². The summed E-state index contributed by atoms with van der Waals surface area (Å²) in [5, 5.41) is 13.9. The van der Waals surface area contributed by atoms with Gasteiger partial charge in [-0.25, -0.2) is 19.4 Å². The molecular formula is C14H13N3O5S. The van der Waals surface area contributed by atoms with Gasteiger partial charge in [-0.3, -0.25) is 5.32 Å². The van der Waals surface area contributed by atoms with Gasteiger partial charge in [-0.2, -0.15) is 0 Å². The van der Waals surface area contributed by atoms with Crippen LogP contribution in [0.4, 0.5) is 15.6 Å². The van der Waals surface area contributed by atoms with Gasteiger partial charge < -0.3 is 15.2 Å². The number of thiazole rings is 1. The SMILES string of the molecule is CCOC(=O)c1ccc(NC(=O)Nc2ncc(C(=O)O)s2)cc1. The molecule has 8 nitrogen and oxygen atoms in total. The molecule has 0 saturated heterocycles. The third-order valence-electron chi connectivity index (χ3n) is 2.59. The van der Waals surface area contributed by atoms with Crippen molar-refractivity contribution in [2.45, 2.75) is 6.92 Å². The lowest BCUT2D eigenvalue weighted by Crippen LogP contribution is -2.19. The van der Waals surface area contributed by atoms with Crippen molar-refractivity contribution in [3.8, 4) is 0 Å². The zero-order chi connectivity index (χ0) is 16.8. The van der Waals surface area contributed by atoms with E-state index in [2.05, 4.69) is 15.6 Å². The van der Waals surface area contributed by atoms with Crippen molar-refractivity contribution in [3.05, 3.63) is 40.9 Å². The van der Waals surface area contributed by atoms with Crippen molar-refractivity contribution in [2.24, 2.45) is 0 Å². The monoisotopic (exact) mass is 335 g/mol. The number of urea groups is 1. The number of carbonyl (C=O) groups is 3. The molecule has 0 spiro atoms. The fraction of sp³-hybridized carbons (Fsp3) is 0.143. The molecule has 2 aromatic rings. The number of nitrogens with one attached hydrogen (secondary N) is 2. The minimum absolute atomic E-state index is 0.0269. The summed E-state index contributed by atoms with van der Waals surface area (Å²) in [6, 6.07) is 5.59. The quantitative estimate of drug-likeness (QED) is 0.723. The second-order valence-corrected chi connectivity index (χ2v) is 5.24. The van der Waals surface area contributed by atoms with Crippen LogP contribution >= 0.6 is 11.3 Å². The fourth-order valence-corrected chi connectivity index (χ4v) is 2.24. The molecule has 0 fully saturated rings. The summed E-state index contributed by atoms with van der Waals surface area (Å²) in [6.45, 7) is 2.00. The van der Waals surface area contributed by atoms with E-state index in [1.54, 1.807) is 19.1 Å². The van der Waals surface area contributed by atoms with Gasteiger partial charge in [0.15, 0.2) is 5.13 Å². The number of hydrogen-bond donors (Lipinski definition) is 3. The van der Waals surface area contributed by atoms with Gasteiger partial charge in [0.2, 0.25) is 0 Å². The van der Waals surface area contributed by atoms with Crippen LogP contribution in [0.2, 0.25) is 0 Å². The molecule has 1 heterocycles. The van der Waals surface area contributed by atoms with Crippen LogP contribution in [0.5, 0.6) is 0 Å². The summed E-state index contributed by atoms with van der Waals surface area (Å²) in [5.41, 5.74) is 0.842. The van der Waals surface area contributed by atoms with Gasteiger partial charge in [0, 0.05) is 5.69 Å². The molecule has 23 heavy (non-hydrogen) atoms. The maximum atomic E-state index is 11.8. The summed E-state index contributed by atoms with van der Waals surface area (Å²) in [7, 11) is 0. The van der Waals surface area contributed by atoms with E-state index in [4.69, 9.17) is 9.84 Å². The van der Waals surface area contributed by atoms with Crippen LogP contribution < -0.4 is 10.6 Å². The molecule has 0 aliphatic heterocycles. The highest BCUT2D eigenvalue weighted by Gasteiger charge is 2.11. The van der Waals surface area contributed by atoms with Gasteiger partial charge in [-0.1, -0.05) is 11.3 Å². The maximum absolute atomic E-state index is 11.8. The Morgan fingerprint density at radius 3 is 2.48 bits per heavy atom. The summed E-state index contributed by atoms with van der Waals surface area (Å²) in [5.74, 6) is -1.54. The third-order valence-corrected chi connectivity index (χ3v) is 3.49. The third kappa shape index (κ3) is 4.51. The Bertz CT molecular complexity index is 726. The zero-order valence-corrected chi connectivity index (χ0v) is 12.8. The minimum atomic E-state index is -1.11. The number of esters is 1. The van der Waals surface area contributed by atoms with Crippen LogP contribution in [0.1, 0.15) is 27.0 Å². The highest BCUT2D eigenvalue weighted by atomic mass is 32.1. The number of aromatic nitrogens is 1. The average molecular weight is 335 g/mol. The number of amides is 2. The Morgan fingerprint density at radius 2 is 1.91 bits per heavy atom. The number of aromatic carboxylic acids is 1. The van der Waals surface area contributed by atoms with Gasteiger partial charge in [-0.15, -0.1) is 0 Å². The van der Waals surface area contributed by atoms with Crippen LogP contribution in [0.25, 0.3) is 0 Å². The first-order chi connectivity index (χ1) is 11.0. The second-order valence-electron chi connectivity index (χ2n) is 4.21. The van der Waals surface area contributed by atoms with Crippen LogP contribution in [0, 0.1) is 0 Å². The molecule has 1 aromatic heterocycles. The number of hydrogen-bond acceptors (Lipinski definition) is 6. The van der Waals surface area contributed by atoms with Gasteiger partial charge in [0.1, 0.15) is 4.88 Å². The standard InChI is InChI=1S/C14H13N3O5S/c1-2-22-12(20)8-3-5-9(6-4-8)16-13(21)17-14-15-7-10(23-14)11(18)19/h3-7H,2H2,1H3,(H,18,19)(H2,15,16,17,21). The normalized spacial score (nSPS) is 9.96. The van der Waals surface area contributed by atoms with Crippen molar-refractivity contribution >= 4 is 40.1 Å². The Kier molecular flexibility index (Phi) is 5.26. The van der Waals surface area contributed by atoms with Crippen LogP contribution in [-0.4, -0.2) is 34.7 Å². The first kappa shape index (κ1) is 16.4. The number of nitrogens with zero attached hydrogens (tertiary/aromatic N) is 1. The molecule has 3 N–H and O–H groups in total. The van der Waals surface area contributed by atoms with Crippen molar-refractivity contribution in [1.29, 1.82) is 0 Å². The van der Waals surface area contributed by atoms with Crippen molar-refractivity contribution in [3.63, 3.8) is 0 Å². The highest BCUT2D eigenvalue weighted by molar-refractivity contribution is 7.17. The number of carboxylic acids is 1. The van der Waals surface area contributed by atoms with Gasteiger partial charge in [0.25, 0.3) is 0 Å². The highest BCUT2D eigenvalue weighted by Crippen LogP contribution is 2.18. The van der Waals surface area contributed by atoms with Gasteiger partial charge >= 0.3 is 18.0 Å². The number of benzene rings is 1. The van der Waals surface area contributed by atoms with Gasteiger partial charge in [0.05, 0.1) is 18.4 Å². The van der Waals surface area contributed by atoms with E-state index in [0.717, 1.165) is 17.5 Å². The maximum Gasteiger partial charge on any atom is 0.347 e. The molecular weight excluding hydrogens is 322 g/mol. The molecule has 9 heteroatoms. The first-order valence-corrected chi connectivity index (χ1v) is 7.35. The second kappa shape index (κ2) is 7.36. The summed E-state index contributed by atoms with van der Waals surface area (Å²) >= 11 is 0.848. The molecule has 0 aliphatic rings. The average Bonchev–Trinajstić information content (AvgIpc) is 2.96. The van der Waals surface area contributed by atoms with E-state index < -0.39 is 18.0 Å². The number of carboxylic acid groups (broad SMARTS) is 1. The van der Waals surface area contributed by atoms with Crippen LogP contribution in [-0.2, 0) is 4.74 Å². The molecule has 0 radical (unpaired) electrons. The Labute approximate surface area is 135 Å². The zero-order valence-electron chi connectivity index (χ0n) is 12.0. The first-order valence-electron chi connectivity index (χ1n) is 6.54. The van der Waals surface area contributed by atoms with Gasteiger partial charge in [-0.05, 0) is 31.2 Å². The smallest absolute Gasteiger partial charge is 0.347 e. The summed E-state index contributed by atoms with van der Waals surface area (Å²) in [4.78, 5) is 37.8. The number of carbonyl (C=O) groups excluding carboxylic acids is 2. The summed E-state index contributed by atoms with van der Waals surface area (Å²) in [6.07, 6.45) is 1.16. The lowest BCUT2D eigenvalue weighted by molar-refractivity contribution is 0.0526. The molecule has 0 aliphatic carbocycles. The predicted molar refractivity (Wildman–Crippen MR) is 84.1 cm³/mol. The van der Waals surface area contributed by atoms with E-state index in [1.807, 2.05) is 0 Å². The van der Waals surface area contributed by atoms with Crippen molar-refractivity contribution in [2.75, 3.05) is 17.2 Å². The van der Waals surface area contributed by atoms with E-state index in [-0.39, 0.29) is 16.6 Å². The number of rotatable bonds is 5. The molecule has 0 bridgehead atoms. The Hall–Kier alpha value is -2.94. The van der Waals surface area contributed by atoms with Crippen LogP contribution in [0.3, 0.4) is 0 Å². The molecule has 2 amide bonds. The van der Waals surface area contributed by atoms with Crippen LogP contribution in [0.15, 0.2) is 30.5 Å². The van der Waals surface area contributed by atoms with Crippen molar-refractivity contribution < 1.29 is 24.2 Å². The topological polar surface area (TPSA) is 118 Å². The Balaban J connectivity index is 1.94. The molecule has 120 valence electrons. The predicted octanol–water partition coefficient (Wildman–Crippen LogP) is 2.66.